The molecule has 0 amide bonds. The van der Waals surface area contributed by atoms with Crippen LogP contribution < -0.4 is 0 Å². The fraction of sp³-hybridized carbons (Fsp3) is 0.909. The molecule has 0 aliphatic heterocycles. The zero-order valence-electron chi connectivity index (χ0n) is 10.3. The van der Waals surface area contributed by atoms with Gasteiger partial charge >= 0.3 is 6.16 Å². The lowest BCUT2D eigenvalue weighted by molar-refractivity contribution is 0.145. The molecular weight excluding hydrogens is 227 g/mol. The van der Waals surface area contributed by atoms with E-state index in [-0.39, 0.29) is 0 Å². The van der Waals surface area contributed by atoms with Gasteiger partial charge in [-0.05, 0) is 12.8 Å². The van der Waals surface area contributed by atoms with Gasteiger partial charge in [-0.2, -0.15) is 0 Å². The third kappa shape index (κ3) is 7.75. The molecule has 0 aliphatic carbocycles. The number of hydrogen-bond acceptors (Lipinski definition) is 3. The molecule has 4 nitrogen and oxygen atoms in total. The van der Waals surface area contributed by atoms with Crippen molar-refractivity contribution in [1.82, 2.24) is 0 Å². The Balaban J connectivity index is 4.13. The van der Waals surface area contributed by atoms with E-state index in [2.05, 4.69) is 18.4 Å². The van der Waals surface area contributed by atoms with Crippen molar-refractivity contribution in [2.45, 2.75) is 52.4 Å². The summed E-state index contributed by atoms with van der Waals surface area (Å²) in [6.45, 7) is 4.11. The second-order valence-electron chi connectivity index (χ2n) is 4.03. The van der Waals surface area contributed by atoms with Gasteiger partial charge in [0, 0.05) is 12.3 Å². The molecule has 0 aromatic rings. The predicted octanol–water partition coefficient (Wildman–Crippen LogP) is 4.34. The lowest BCUT2D eigenvalue weighted by Gasteiger charge is -2.16. The fourth-order valence-corrected chi connectivity index (χ4v) is 3.65. The average molecular weight is 250 g/mol. The van der Waals surface area contributed by atoms with E-state index >= 15 is 0 Å². The SMILES string of the molecule is CCCCCP(=O)(CCCCC)OC(=O)O. The van der Waals surface area contributed by atoms with Crippen LogP contribution in [0.3, 0.4) is 0 Å². The van der Waals surface area contributed by atoms with Crippen LogP contribution in [0.25, 0.3) is 0 Å². The molecule has 0 heterocycles. The Morgan fingerprint density at radius 3 is 1.81 bits per heavy atom. The van der Waals surface area contributed by atoms with Gasteiger partial charge in [0.05, 0.1) is 0 Å². The molecule has 96 valence electrons. The van der Waals surface area contributed by atoms with Crippen LogP contribution >= 0.6 is 7.37 Å². The number of hydrogen-bond donors (Lipinski definition) is 1. The maximum atomic E-state index is 12.2. The summed E-state index contributed by atoms with van der Waals surface area (Å²) in [7, 11) is -2.93. The Bertz CT molecular complexity index is 226. The second kappa shape index (κ2) is 8.63. The van der Waals surface area contributed by atoms with Crippen LogP contribution in [0.1, 0.15) is 52.4 Å². The third-order valence-corrected chi connectivity index (χ3v) is 4.93. The Labute approximate surface area is 97.8 Å². The zero-order chi connectivity index (χ0) is 12.4. The van der Waals surface area contributed by atoms with Crippen molar-refractivity contribution in [2.24, 2.45) is 0 Å². The van der Waals surface area contributed by atoms with Crippen molar-refractivity contribution in [2.75, 3.05) is 12.3 Å². The summed E-state index contributed by atoms with van der Waals surface area (Å²) in [6, 6.07) is 0. The highest BCUT2D eigenvalue weighted by atomic mass is 31.2. The molecule has 0 aliphatic rings. The molecule has 0 aromatic heterocycles. The maximum Gasteiger partial charge on any atom is 0.510 e. The Morgan fingerprint density at radius 1 is 1.06 bits per heavy atom. The number of unbranched alkanes of at least 4 members (excludes halogenated alkanes) is 4. The van der Waals surface area contributed by atoms with Gasteiger partial charge < -0.3 is 9.63 Å². The summed E-state index contributed by atoms with van der Waals surface area (Å²) in [5.41, 5.74) is 0. The molecule has 0 spiro atoms. The first kappa shape index (κ1) is 15.5. The second-order valence-corrected chi connectivity index (χ2v) is 6.74. The van der Waals surface area contributed by atoms with E-state index in [4.69, 9.17) is 5.11 Å². The van der Waals surface area contributed by atoms with E-state index in [1.54, 1.807) is 0 Å². The van der Waals surface area contributed by atoms with Crippen molar-refractivity contribution in [3.05, 3.63) is 0 Å². The van der Waals surface area contributed by atoms with Gasteiger partial charge in [0.2, 0.25) is 0 Å². The molecule has 5 heteroatoms. The molecule has 0 rings (SSSR count). The Morgan fingerprint density at radius 2 is 1.50 bits per heavy atom. The first-order chi connectivity index (χ1) is 7.54. The first-order valence-electron chi connectivity index (χ1n) is 6.04. The molecule has 0 radical (unpaired) electrons. The van der Waals surface area contributed by atoms with Gasteiger partial charge in [0.25, 0.3) is 7.37 Å². The molecular formula is C11H23O4P. The summed E-state index contributed by atoms with van der Waals surface area (Å²) in [6.07, 6.45) is 4.97. The molecule has 0 fully saturated rings. The zero-order valence-corrected chi connectivity index (χ0v) is 11.2. The predicted molar refractivity (Wildman–Crippen MR) is 65.5 cm³/mol. The highest BCUT2D eigenvalue weighted by molar-refractivity contribution is 7.59. The minimum Gasteiger partial charge on any atom is -0.450 e. The molecule has 0 unspecified atom stereocenters. The van der Waals surface area contributed by atoms with Gasteiger partial charge in [-0.25, -0.2) is 4.79 Å². The quantitative estimate of drug-likeness (QED) is 0.488. The Kier molecular flexibility index (Phi) is 8.36. The normalized spacial score (nSPS) is 11.4. The summed E-state index contributed by atoms with van der Waals surface area (Å²) < 4.78 is 16.8. The van der Waals surface area contributed by atoms with Crippen LogP contribution in [-0.2, 0) is 9.09 Å². The number of rotatable bonds is 9. The van der Waals surface area contributed by atoms with Crippen LogP contribution in [0, 0.1) is 0 Å². The standard InChI is InChI=1S/C11H23O4P/c1-3-5-7-9-16(14,15-11(12)13)10-8-6-4-2/h3-10H2,1-2H3,(H,12,13). The monoisotopic (exact) mass is 250 g/mol. The number of carboxylic acid groups (broad SMARTS) is 1. The van der Waals surface area contributed by atoms with Gasteiger partial charge in [-0.3, -0.25) is 4.57 Å². The third-order valence-electron chi connectivity index (χ3n) is 2.45. The molecule has 0 atom stereocenters. The van der Waals surface area contributed by atoms with Crippen LogP contribution in [0.2, 0.25) is 0 Å². The first-order valence-corrected chi connectivity index (χ1v) is 8.04. The van der Waals surface area contributed by atoms with Gasteiger partial charge in [0.1, 0.15) is 0 Å². The van der Waals surface area contributed by atoms with Crippen LogP contribution in [0.5, 0.6) is 0 Å². The topological polar surface area (TPSA) is 63.6 Å². The summed E-state index contributed by atoms with van der Waals surface area (Å²) in [5.74, 6) is 0. The van der Waals surface area contributed by atoms with Crippen molar-refractivity contribution >= 4 is 13.5 Å². The molecule has 0 bridgehead atoms. The molecule has 0 aromatic carbocycles. The minimum atomic E-state index is -2.93. The Hall–Kier alpha value is -0.500. The van der Waals surface area contributed by atoms with E-state index in [0.29, 0.717) is 12.3 Å². The maximum absolute atomic E-state index is 12.2. The minimum absolute atomic E-state index is 0.400. The largest absolute Gasteiger partial charge is 0.510 e. The van der Waals surface area contributed by atoms with Gasteiger partial charge in [-0.1, -0.05) is 39.5 Å². The van der Waals surface area contributed by atoms with Crippen LogP contribution in [-0.4, -0.2) is 23.6 Å². The van der Waals surface area contributed by atoms with E-state index < -0.39 is 13.5 Å². The molecule has 0 saturated carbocycles. The average Bonchev–Trinajstić information content (AvgIpc) is 2.17. The van der Waals surface area contributed by atoms with Gasteiger partial charge in [0.15, 0.2) is 0 Å². The lowest BCUT2D eigenvalue weighted by Crippen LogP contribution is -2.05. The van der Waals surface area contributed by atoms with E-state index in [1.165, 1.54) is 0 Å². The van der Waals surface area contributed by atoms with E-state index in [0.717, 1.165) is 38.5 Å². The van der Waals surface area contributed by atoms with Crippen LogP contribution in [0.4, 0.5) is 4.79 Å². The summed E-state index contributed by atoms with van der Waals surface area (Å²) in [4.78, 5) is 10.5. The highest BCUT2D eigenvalue weighted by Crippen LogP contribution is 2.48. The number of carbonyl (C=O) groups is 1. The van der Waals surface area contributed by atoms with Gasteiger partial charge in [-0.15, -0.1) is 0 Å². The van der Waals surface area contributed by atoms with E-state index in [9.17, 15) is 9.36 Å². The highest BCUT2D eigenvalue weighted by Gasteiger charge is 2.25. The van der Waals surface area contributed by atoms with Crippen molar-refractivity contribution in [3.8, 4) is 0 Å². The van der Waals surface area contributed by atoms with Crippen molar-refractivity contribution in [1.29, 1.82) is 0 Å². The van der Waals surface area contributed by atoms with Crippen molar-refractivity contribution < 1.29 is 19.0 Å². The fourth-order valence-electron chi connectivity index (χ4n) is 1.55. The molecule has 16 heavy (non-hydrogen) atoms. The van der Waals surface area contributed by atoms with Crippen molar-refractivity contribution in [3.63, 3.8) is 0 Å². The molecule has 1 N–H and O–H groups in total. The van der Waals surface area contributed by atoms with Crippen LogP contribution in [0.15, 0.2) is 0 Å². The summed E-state index contributed by atoms with van der Waals surface area (Å²) in [5, 5.41) is 8.57. The molecule has 0 saturated heterocycles. The smallest absolute Gasteiger partial charge is 0.450 e. The summed E-state index contributed by atoms with van der Waals surface area (Å²) >= 11 is 0. The lowest BCUT2D eigenvalue weighted by atomic mass is 10.3. The van der Waals surface area contributed by atoms with E-state index in [1.807, 2.05) is 0 Å².